The van der Waals surface area contributed by atoms with E-state index in [9.17, 15) is 8.78 Å². The minimum Gasteiger partial charge on any atom is -0.486 e. The number of halogens is 2. The lowest BCUT2D eigenvalue weighted by atomic mass is 10.1. The van der Waals surface area contributed by atoms with Crippen molar-refractivity contribution in [2.75, 3.05) is 0 Å². The molecule has 3 aromatic carbocycles. The molecule has 0 heterocycles. The normalized spacial score (nSPS) is 10.2. The van der Waals surface area contributed by atoms with Crippen LogP contribution in [-0.2, 0) is 13.2 Å². The van der Waals surface area contributed by atoms with Crippen LogP contribution in [0.4, 0.5) is 8.78 Å². The van der Waals surface area contributed by atoms with Crippen LogP contribution in [-0.4, -0.2) is 11.7 Å². The molecule has 8 heteroatoms. The van der Waals surface area contributed by atoms with Crippen molar-refractivity contribution in [3.05, 3.63) is 94.0 Å². The average Bonchev–Trinajstić information content (AvgIpc) is 2.71. The summed E-state index contributed by atoms with van der Waals surface area (Å²) < 4.78 is 39.4. The Morgan fingerprint density at radius 1 is 0.750 bits per heavy atom. The van der Waals surface area contributed by atoms with E-state index in [2.05, 4.69) is 0 Å². The van der Waals surface area contributed by atoms with Crippen LogP contribution in [0.15, 0.2) is 54.6 Å². The fourth-order valence-corrected chi connectivity index (χ4v) is 3.01. The number of benzene rings is 3. The maximum Gasteiger partial charge on any atom is 0.165 e. The van der Waals surface area contributed by atoms with Gasteiger partial charge in [-0.05, 0) is 60.5 Å². The van der Waals surface area contributed by atoms with E-state index < -0.39 is 11.6 Å². The first-order valence-corrected chi connectivity index (χ1v) is 9.36. The van der Waals surface area contributed by atoms with Gasteiger partial charge in [-0.15, -0.1) is 0 Å². The molecule has 3 rings (SSSR count). The number of nitrogens with two attached hydrogens (primary N) is 2. The van der Waals surface area contributed by atoms with Crippen molar-refractivity contribution in [2.24, 2.45) is 11.5 Å². The molecule has 32 heavy (non-hydrogen) atoms. The van der Waals surface area contributed by atoms with Crippen LogP contribution in [0.5, 0.6) is 11.5 Å². The predicted octanol–water partition coefficient (Wildman–Crippen LogP) is 4.64. The number of hydrogen-bond acceptors (Lipinski definition) is 4. The van der Waals surface area contributed by atoms with Crippen LogP contribution in [0.3, 0.4) is 0 Å². The van der Waals surface area contributed by atoms with E-state index in [-0.39, 0.29) is 54.9 Å². The first-order chi connectivity index (χ1) is 14.7. The van der Waals surface area contributed by atoms with Crippen LogP contribution in [0, 0.1) is 29.4 Å². The van der Waals surface area contributed by atoms with Crippen molar-refractivity contribution in [3.63, 3.8) is 0 Å². The molecule has 0 unspecified atom stereocenters. The van der Waals surface area contributed by atoms with Gasteiger partial charge in [0, 0.05) is 11.1 Å². The van der Waals surface area contributed by atoms with E-state index >= 15 is 0 Å². The second-order valence-corrected chi connectivity index (χ2v) is 7.02. The fourth-order valence-electron chi connectivity index (χ4n) is 3.01. The summed E-state index contributed by atoms with van der Waals surface area (Å²) in [4.78, 5) is 0. The molecule has 0 aromatic heterocycles. The molecule has 6 nitrogen and oxygen atoms in total. The van der Waals surface area contributed by atoms with Gasteiger partial charge in [0.2, 0.25) is 0 Å². The van der Waals surface area contributed by atoms with E-state index in [0.717, 1.165) is 28.8 Å². The quantitative estimate of drug-likeness (QED) is 0.301. The summed E-state index contributed by atoms with van der Waals surface area (Å²) in [5, 5.41) is 14.7. The molecule has 3 aromatic rings. The van der Waals surface area contributed by atoms with Gasteiger partial charge in [0.1, 0.15) is 24.9 Å². The Morgan fingerprint density at radius 2 is 1.16 bits per heavy atom. The summed E-state index contributed by atoms with van der Waals surface area (Å²) in [6.07, 6.45) is 0. The number of hydrogen-bond donors (Lipinski definition) is 4. The van der Waals surface area contributed by atoms with Gasteiger partial charge < -0.3 is 20.9 Å². The topological polar surface area (TPSA) is 118 Å². The van der Waals surface area contributed by atoms with Gasteiger partial charge in [0.05, 0.1) is 0 Å². The Labute approximate surface area is 185 Å². The van der Waals surface area contributed by atoms with Gasteiger partial charge in [-0.1, -0.05) is 25.1 Å². The lowest BCUT2D eigenvalue weighted by Gasteiger charge is -2.12. The molecule has 0 saturated heterocycles. The van der Waals surface area contributed by atoms with Crippen LogP contribution in [0.1, 0.15) is 35.2 Å². The molecular formula is C24H26F2N4O2. The number of nitrogen functional groups attached to an aromatic ring is 2. The van der Waals surface area contributed by atoms with Gasteiger partial charge in [-0.25, -0.2) is 8.78 Å². The number of rotatable bonds is 8. The molecule has 0 bridgehead atoms. The third kappa shape index (κ3) is 6.04. The molecule has 0 aliphatic carbocycles. The maximum atomic E-state index is 14.1. The predicted molar refractivity (Wildman–Crippen MR) is 121 cm³/mol. The first-order valence-electron chi connectivity index (χ1n) is 9.36. The zero-order chi connectivity index (χ0) is 22.5. The molecule has 0 radical (unpaired) electrons. The zero-order valence-electron chi connectivity index (χ0n) is 16.8. The van der Waals surface area contributed by atoms with Crippen molar-refractivity contribution in [2.45, 2.75) is 27.6 Å². The highest BCUT2D eigenvalue weighted by atomic mass is 19.1. The third-order valence-electron chi connectivity index (χ3n) is 4.47. The number of aryl methyl sites for hydroxylation is 1. The molecule has 168 valence electrons. The minimum atomic E-state index is -0.603. The Kier molecular flexibility index (Phi) is 7.90. The second kappa shape index (κ2) is 10.4. The largest absolute Gasteiger partial charge is 0.486 e. The molecule has 0 aliphatic rings. The molecule has 0 spiro atoms. The Hall–Kier alpha value is -3.94. The standard InChI is InChI=1S/C23H22F2N4O2.CH4/c1-13-6-14(11-30-20-4-2-16(22(26)27)9-18(20)24)8-15(7-13)12-31-21-5-3-17(23(28)29)10-19(21)25;/h2-10H,11-12H2,1H3,(H3,26,27)(H3,28,29);1H4. The summed E-state index contributed by atoms with van der Waals surface area (Å²) in [5.41, 5.74) is 13.8. The molecule has 0 amide bonds. The van der Waals surface area contributed by atoms with Gasteiger partial charge in [-0.2, -0.15) is 0 Å². The highest BCUT2D eigenvalue weighted by molar-refractivity contribution is 5.95. The molecule has 0 saturated carbocycles. The summed E-state index contributed by atoms with van der Waals surface area (Å²) in [6, 6.07) is 13.8. The zero-order valence-corrected chi connectivity index (χ0v) is 16.8. The SMILES string of the molecule is C.Cc1cc(COc2ccc(C(=N)N)cc2F)cc(COc2ccc(C(=N)N)cc2F)c1. The van der Waals surface area contributed by atoms with E-state index in [1.54, 1.807) is 0 Å². The van der Waals surface area contributed by atoms with Crippen molar-refractivity contribution in [3.8, 4) is 11.5 Å². The highest BCUT2D eigenvalue weighted by Gasteiger charge is 2.10. The summed E-state index contributed by atoms with van der Waals surface area (Å²) in [7, 11) is 0. The monoisotopic (exact) mass is 440 g/mol. The maximum absolute atomic E-state index is 14.1. The van der Waals surface area contributed by atoms with Crippen molar-refractivity contribution in [1.82, 2.24) is 0 Å². The van der Waals surface area contributed by atoms with Crippen molar-refractivity contribution >= 4 is 11.7 Å². The summed E-state index contributed by atoms with van der Waals surface area (Å²) in [5.74, 6) is -1.54. The molecular weight excluding hydrogens is 414 g/mol. The number of ether oxygens (including phenoxy) is 2. The van der Waals surface area contributed by atoms with Gasteiger partial charge in [0.15, 0.2) is 23.1 Å². The van der Waals surface area contributed by atoms with E-state index in [1.807, 2.05) is 25.1 Å². The Bertz CT molecular complexity index is 1060. The van der Waals surface area contributed by atoms with E-state index in [4.69, 9.17) is 31.8 Å². The third-order valence-corrected chi connectivity index (χ3v) is 4.47. The average molecular weight is 440 g/mol. The first kappa shape index (κ1) is 24.3. The van der Waals surface area contributed by atoms with Crippen molar-refractivity contribution < 1.29 is 18.3 Å². The van der Waals surface area contributed by atoms with Crippen LogP contribution in [0.2, 0.25) is 0 Å². The minimum absolute atomic E-state index is 0. The smallest absolute Gasteiger partial charge is 0.165 e. The molecule has 0 fully saturated rings. The van der Waals surface area contributed by atoms with Crippen LogP contribution in [0.25, 0.3) is 0 Å². The Balaban J connectivity index is 0.00000363. The van der Waals surface area contributed by atoms with Gasteiger partial charge in [-0.3, -0.25) is 10.8 Å². The molecule has 0 atom stereocenters. The van der Waals surface area contributed by atoms with E-state index in [1.165, 1.54) is 24.3 Å². The Morgan fingerprint density at radius 3 is 1.50 bits per heavy atom. The van der Waals surface area contributed by atoms with Crippen LogP contribution < -0.4 is 20.9 Å². The van der Waals surface area contributed by atoms with Gasteiger partial charge >= 0.3 is 0 Å². The van der Waals surface area contributed by atoms with Crippen LogP contribution >= 0.6 is 0 Å². The van der Waals surface area contributed by atoms with Gasteiger partial charge in [0.25, 0.3) is 0 Å². The summed E-state index contributed by atoms with van der Waals surface area (Å²) in [6.45, 7) is 2.14. The highest BCUT2D eigenvalue weighted by Crippen LogP contribution is 2.22. The van der Waals surface area contributed by atoms with Crippen molar-refractivity contribution in [1.29, 1.82) is 10.8 Å². The molecule has 0 aliphatic heterocycles. The number of amidine groups is 2. The molecule has 6 N–H and O–H groups in total. The lowest BCUT2D eigenvalue weighted by molar-refractivity contribution is 0.284. The number of nitrogens with one attached hydrogen (secondary N) is 2. The van der Waals surface area contributed by atoms with E-state index in [0.29, 0.717) is 0 Å². The lowest BCUT2D eigenvalue weighted by Crippen LogP contribution is -2.11. The fraction of sp³-hybridized carbons (Fsp3) is 0.167. The summed E-state index contributed by atoms with van der Waals surface area (Å²) >= 11 is 0. The second-order valence-electron chi connectivity index (χ2n) is 7.02.